The molecule has 2 aromatic heterocycles. The SMILES string of the molecule is O=C(c1ccco1)N1CCC[C@@H](c2nncn2Cc2ccccc2)C1. The van der Waals surface area contributed by atoms with Crippen molar-refractivity contribution in [2.45, 2.75) is 25.3 Å². The van der Waals surface area contributed by atoms with Crippen LogP contribution in [0.5, 0.6) is 0 Å². The molecule has 0 saturated carbocycles. The van der Waals surface area contributed by atoms with Crippen LogP contribution in [0.15, 0.2) is 59.5 Å². The van der Waals surface area contributed by atoms with Crippen molar-refractivity contribution in [2.24, 2.45) is 0 Å². The Balaban J connectivity index is 1.50. The highest BCUT2D eigenvalue weighted by Gasteiger charge is 2.29. The monoisotopic (exact) mass is 336 g/mol. The highest BCUT2D eigenvalue weighted by Crippen LogP contribution is 2.27. The molecule has 1 saturated heterocycles. The summed E-state index contributed by atoms with van der Waals surface area (Å²) in [5.74, 6) is 1.48. The third-order valence-electron chi connectivity index (χ3n) is 4.65. The lowest BCUT2D eigenvalue weighted by molar-refractivity contribution is 0.0671. The smallest absolute Gasteiger partial charge is 0.289 e. The Labute approximate surface area is 146 Å². The van der Waals surface area contributed by atoms with Crippen molar-refractivity contribution in [2.75, 3.05) is 13.1 Å². The summed E-state index contributed by atoms with van der Waals surface area (Å²) < 4.78 is 7.34. The summed E-state index contributed by atoms with van der Waals surface area (Å²) in [5, 5.41) is 8.45. The van der Waals surface area contributed by atoms with E-state index in [0.717, 1.165) is 31.8 Å². The molecule has 6 nitrogen and oxygen atoms in total. The molecule has 0 radical (unpaired) electrons. The van der Waals surface area contributed by atoms with Crippen molar-refractivity contribution < 1.29 is 9.21 Å². The molecule has 6 heteroatoms. The molecule has 0 bridgehead atoms. The second-order valence-corrected chi connectivity index (χ2v) is 6.37. The minimum atomic E-state index is -0.0520. The molecule has 1 aliphatic rings. The van der Waals surface area contributed by atoms with Crippen LogP contribution >= 0.6 is 0 Å². The molecule has 3 aromatic rings. The van der Waals surface area contributed by atoms with Crippen LogP contribution in [0, 0.1) is 0 Å². The van der Waals surface area contributed by atoms with Gasteiger partial charge >= 0.3 is 0 Å². The highest BCUT2D eigenvalue weighted by atomic mass is 16.3. The van der Waals surface area contributed by atoms with Crippen LogP contribution in [0.3, 0.4) is 0 Å². The van der Waals surface area contributed by atoms with E-state index in [4.69, 9.17) is 4.42 Å². The van der Waals surface area contributed by atoms with E-state index in [1.165, 1.54) is 11.8 Å². The van der Waals surface area contributed by atoms with Gasteiger partial charge in [0.15, 0.2) is 5.76 Å². The zero-order valence-electron chi connectivity index (χ0n) is 13.9. The maximum Gasteiger partial charge on any atom is 0.289 e. The lowest BCUT2D eigenvalue weighted by Crippen LogP contribution is -2.39. The number of likely N-dealkylation sites (tertiary alicyclic amines) is 1. The second-order valence-electron chi connectivity index (χ2n) is 6.37. The average molecular weight is 336 g/mol. The number of benzene rings is 1. The molecular formula is C19H20N4O2. The van der Waals surface area contributed by atoms with Crippen molar-refractivity contribution >= 4 is 5.91 Å². The van der Waals surface area contributed by atoms with Crippen LogP contribution in [-0.4, -0.2) is 38.7 Å². The molecule has 1 aliphatic heterocycles. The zero-order chi connectivity index (χ0) is 17.1. The van der Waals surface area contributed by atoms with Gasteiger partial charge in [0.2, 0.25) is 0 Å². The Morgan fingerprint density at radius 3 is 2.88 bits per heavy atom. The van der Waals surface area contributed by atoms with E-state index < -0.39 is 0 Å². The highest BCUT2D eigenvalue weighted by molar-refractivity contribution is 5.91. The molecule has 1 atom stereocenters. The summed E-state index contributed by atoms with van der Waals surface area (Å²) in [6, 6.07) is 13.7. The van der Waals surface area contributed by atoms with Gasteiger partial charge in [0.05, 0.1) is 12.8 Å². The van der Waals surface area contributed by atoms with Crippen molar-refractivity contribution in [3.05, 3.63) is 72.2 Å². The third-order valence-corrected chi connectivity index (χ3v) is 4.65. The van der Waals surface area contributed by atoms with Crippen molar-refractivity contribution in [3.63, 3.8) is 0 Å². The lowest BCUT2D eigenvalue weighted by Gasteiger charge is -2.31. The first kappa shape index (κ1) is 15.6. The number of hydrogen-bond donors (Lipinski definition) is 0. The van der Waals surface area contributed by atoms with Gasteiger partial charge in [0.25, 0.3) is 5.91 Å². The Kier molecular flexibility index (Phi) is 4.33. The summed E-state index contributed by atoms with van der Waals surface area (Å²) in [6.45, 7) is 2.14. The van der Waals surface area contributed by atoms with Crippen molar-refractivity contribution in [1.29, 1.82) is 0 Å². The van der Waals surface area contributed by atoms with Crippen LogP contribution in [0.1, 0.15) is 40.7 Å². The summed E-state index contributed by atoms with van der Waals surface area (Å²) in [4.78, 5) is 14.4. The zero-order valence-corrected chi connectivity index (χ0v) is 13.9. The van der Waals surface area contributed by atoms with Crippen molar-refractivity contribution in [1.82, 2.24) is 19.7 Å². The van der Waals surface area contributed by atoms with Crippen molar-refractivity contribution in [3.8, 4) is 0 Å². The van der Waals surface area contributed by atoms with Gasteiger partial charge in [-0.1, -0.05) is 30.3 Å². The summed E-state index contributed by atoms with van der Waals surface area (Å²) >= 11 is 0. The van der Waals surface area contributed by atoms with Gasteiger partial charge in [-0.2, -0.15) is 0 Å². The first-order valence-corrected chi connectivity index (χ1v) is 8.55. The number of carbonyl (C=O) groups is 1. The normalized spacial score (nSPS) is 17.6. The molecule has 25 heavy (non-hydrogen) atoms. The van der Waals surface area contributed by atoms with E-state index in [-0.39, 0.29) is 11.8 Å². The molecule has 0 N–H and O–H groups in total. The predicted molar refractivity (Wildman–Crippen MR) is 92.2 cm³/mol. The molecule has 3 heterocycles. The number of furan rings is 1. The fourth-order valence-electron chi connectivity index (χ4n) is 3.41. The first-order valence-electron chi connectivity index (χ1n) is 8.55. The predicted octanol–water partition coefficient (Wildman–Crippen LogP) is 2.94. The number of hydrogen-bond acceptors (Lipinski definition) is 4. The van der Waals surface area contributed by atoms with Gasteiger partial charge < -0.3 is 13.9 Å². The fourth-order valence-corrected chi connectivity index (χ4v) is 3.41. The number of nitrogens with zero attached hydrogens (tertiary/aromatic N) is 4. The molecule has 0 aliphatic carbocycles. The van der Waals surface area contributed by atoms with E-state index in [9.17, 15) is 4.79 Å². The first-order chi connectivity index (χ1) is 12.3. The standard InChI is InChI=1S/C19H20N4O2/c24-19(17-9-5-11-25-17)22-10-4-8-16(13-22)18-21-20-14-23(18)12-15-6-2-1-3-7-15/h1-3,5-7,9,11,14,16H,4,8,10,12-13H2/t16-/m1/s1. The lowest BCUT2D eigenvalue weighted by atomic mass is 9.96. The molecular weight excluding hydrogens is 316 g/mol. The van der Waals surface area contributed by atoms with E-state index >= 15 is 0 Å². The molecule has 0 spiro atoms. The number of rotatable bonds is 4. The molecule has 1 fully saturated rings. The minimum absolute atomic E-state index is 0.0520. The summed E-state index contributed by atoms with van der Waals surface area (Å²) in [7, 11) is 0. The molecule has 0 unspecified atom stereocenters. The van der Waals surface area contributed by atoms with Crippen LogP contribution in [-0.2, 0) is 6.54 Å². The van der Waals surface area contributed by atoms with Crippen LogP contribution in [0.4, 0.5) is 0 Å². The van der Waals surface area contributed by atoms with E-state index in [1.807, 2.05) is 23.1 Å². The second kappa shape index (κ2) is 6.93. The van der Waals surface area contributed by atoms with Gasteiger partial charge in [-0.05, 0) is 30.5 Å². The van der Waals surface area contributed by atoms with Gasteiger partial charge in [-0.25, -0.2) is 0 Å². The van der Waals surface area contributed by atoms with Gasteiger partial charge in [0, 0.05) is 19.0 Å². The Morgan fingerprint density at radius 2 is 2.08 bits per heavy atom. The van der Waals surface area contributed by atoms with Crippen LogP contribution in [0.2, 0.25) is 0 Å². The molecule has 1 amide bonds. The number of aromatic nitrogens is 3. The Bertz CT molecular complexity index is 826. The van der Waals surface area contributed by atoms with Crippen LogP contribution in [0.25, 0.3) is 0 Å². The Morgan fingerprint density at radius 1 is 1.20 bits per heavy atom. The fraction of sp³-hybridized carbons (Fsp3) is 0.316. The molecule has 4 rings (SSSR count). The van der Waals surface area contributed by atoms with E-state index in [0.29, 0.717) is 12.3 Å². The molecule has 1 aromatic carbocycles. The van der Waals surface area contributed by atoms with Gasteiger partial charge in [-0.15, -0.1) is 10.2 Å². The van der Waals surface area contributed by atoms with Gasteiger partial charge in [-0.3, -0.25) is 4.79 Å². The van der Waals surface area contributed by atoms with Gasteiger partial charge in [0.1, 0.15) is 12.2 Å². The Hall–Kier alpha value is -2.89. The van der Waals surface area contributed by atoms with Crippen LogP contribution < -0.4 is 0 Å². The van der Waals surface area contributed by atoms with E-state index in [1.54, 1.807) is 18.5 Å². The summed E-state index contributed by atoms with van der Waals surface area (Å²) in [6.07, 6.45) is 5.27. The largest absolute Gasteiger partial charge is 0.459 e. The number of piperidine rings is 1. The van der Waals surface area contributed by atoms with E-state index in [2.05, 4.69) is 26.9 Å². The quantitative estimate of drug-likeness (QED) is 0.735. The minimum Gasteiger partial charge on any atom is -0.459 e. The number of amides is 1. The summed E-state index contributed by atoms with van der Waals surface area (Å²) in [5.41, 5.74) is 1.21. The average Bonchev–Trinajstić information content (AvgIpc) is 3.34. The third kappa shape index (κ3) is 3.33. The maximum absolute atomic E-state index is 12.5. The number of carbonyl (C=O) groups excluding carboxylic acids is 1. The maximum atomic E-state index is 12.5. The molecule has 128 valence electrons. The topological polar surface area (TPSA) is 64.2 Å².